The third kappa shape index (κ3) is 4.70. The number of amides is 1. The van der Waals surface area contributed by atoms with Crippen molar-refractivity contribution >= 4 is 11.9 Å². The van der Waals surface area contributed by atoms with Gasteiger partial charge < -0.3 is 24.6 Å². The highest BCUT2D eigenvalue weighted by molar-refractivity contribution is 5.95. The number of rotatable bonds is 7. The first-order chi connectivity index (χ1) is 12.7. The second-order valence-corrected chi connectivity index (χ2v) is 6.04. The van der Waals surface area contributed by atoms with Gasteiger partial charge in [-0.15, -0.1) is 0 Å². The molecule has 9 nitrogen and oxygen atoms in total. The number of carbonyl (C=O) groups is 2. The van der Waals surface area contributed by atoms with Crippen molar-refractivity contribution in [2.75, 3.05) is 27.8 Å². The molecule has 0 aliphatic rings. The number of aromatic nitrogens is 2. The Morgan fingerprint density at radius 3 is 2.44 bits per heavy atom. The molecule has 0 saturated carbocycles. The summed E-state index contributed by atoms with van der Waals surface area (Å²) >= 11 is 0. The molecule has 0 fully saturated rings. The van der Waals surface area contributed by atoms with Crippen LogP contribution >= 0.6 is 0 Å². The van der Waals surface area contributed by atoms with Crippen LogP contribution in [-0.4, -0.2) is 70.9 Å². The zero-order valence-corrected chi connectivity index (χ0v) is 15.5. The van der Waals surface area contributed by atoms with Crippen molar-refractivity contribution in [1.82, 2.24) is 14.9 Å². The summed E-state index contributed by atoms with van der Waals surface area (Å²) in [6, 6.07) is 2.69. The van der Waals surface area contributed by atoms with Crippen LogP contribution in [0.3, 0.4) is 0 Å². The van der Waals surface area contributed by atoms with Gasteiger partial charge in [-0.1, -0.05) is 0 Å². The van der Waals surface area contributed by atoms with Crippen molar-refractivity contribution in [3.8, 4) is 22.8 Å². The van der Waals surface area contributed by atoms with E-state index in [-0.39, 0.29) is 40.3 Å². The summed E-state index contributed by atoms with van der Waals surface area (Å²) in [6.45, 7) is 2.07. The van der Waals surface area contributed by atoms with Crippen LogP contribution in [0.1, 0.15) is 27.8 Å². The molecule has 144 valence electrons. The molecule has 2 aromatic rings. The minimum absolute atomic E-state index is 0.128. The molecule has 0 unspecified atom stereocenters. The fourth-order valence-electron chi connectivity index (χ4n) is 2.34. The molecule has 1 aromatic carbocycles. The number of aromatic carboxylic acids is 1. The van der Waals surface area contributed by atoms with E-state index in [4.69, 9.17) is 9.47 Å². The molecular formula is C18H21N3O6. The summed E-state index contributed by atoms with van der Waals surface area (Å²) in [6.07, 6.45) is 2.22. The number of carboxylic acids is 1. The highest BCUT2D eigenvalue weighted by Gasteiger charge is 2.20. The maximum absolute atomic E-state index is 11.9. The van der Waals surface area contributed by atoms with Gasteiger partial charge in [-0.2, -0.15) is 0 Å². The third-order valence-electron chi connectivity index (χ3n) is 3.61. The van der Waals surface area contributed by atoms with Gasteiger partial charge in [0.05, 0.1) is 24.7 Å². The van der Waals surface area contributed by atoms with Crippen LogP contribution in [0.5, 0.6) is 11.5 Å². The largest absolute Gasteiger partial charge is 0.506 e. The van der Waals surface area contributed by atoms with Crippen molar-refractivity contribution in [3.05, 3.63) is 35.8 Å². The average molecular weight is 375 g/mol. The molecule has 9 heteroatoms. The summed E-state index contributed by atoms with van der Waals surface area (Å²) in [4.78, 5) is 32.9. The van der Waals surface area contributed by atoms with Gasteiger partial charge in [0.1, 0.15) is 28.9 Å². The first kappa shape index (κ1) is 20.1. The van der Waals surface area contributed by atoms with E-state index in [1.807, 2.05) is 0 Å². The Morgan fingerprint density at radius 1 is 1.22 bits per heavy atom. The molecule has 0 bridgehead atoms. The van der Waals surface area contributed by atoms with E-state index >= 15 is 0 Å². The average Bonchev–Trinajstić information content (AvgIpc) is 2.62. The van der Waals surface area contributed by atoms with Gasteiger partial charge in [0.15, 0.2) is 0 Å². The summed E-state index contributed by atoms with van der Waals surface area (Å²) in [7, 11) is 4.70. The lowest BCUT2D eigenvalue weighted by atomic mass is 10.1. The smallest absolute Gasteiger partial charge is 0.339 e. The first-order valence-electron chi connectivity index (χ1n) is 8.04. The maximum atomic E-state index is 11.9. The van der Waals surface area contributed by atoms with Gasteiger partial charge in [0.25, 0.3) is 5.91 Å². The molecule has 1 atom stereocenters. The summed E-state index contributed by atoms with van der Waals surface area (Å²) < 4.78 is 10.6. The molecule has 0 radical (unpaired) electrons. The van der Waals surface area contributed by atoms with E-state index in [1.54, 1.807) is 21.0 Å². The zero-order chi connectivity index (χ0) is 20.1. The van der Waals surface area contributed by atoms with Crippen LogP contribution in [0.2, 0.25) is 0 Å². The normalized spacial score (nSPS) is 11.7. The molecule has 0 aliphatic carbocycles. The molecule has 1 amide bonds. The Kier molecular flexibility index (Phi) is 6.30. The fraction of sp³-hybridized carbons (Fsp3) is 0.333. The van der Waals surface area contributed by atoms with Crippen molar-refractivity contribution in [3.63, 3.8) is 0 Å². The van der Waals surface area contributed by atoms with Gasteiger partial charge >= 0.3 is 5.97 Å². The van der Waals surface area contributed by atoms with Gasteiger partial charge in [-0.3, -0.25) is 9.78 Å². The van der Waals surface area contributed by atoms with E-state index in [9.17, 15) is 19.8 Å². The van der Waals surface area contributed by atoms with Crippen LogP contribution in [0.25, 0.3) is 11.3 Å². The number of methoxy groups -OCH3 is 1. The van der Waals surface area contributed by atoms with Crippen LogP contribution in [-0.2, 0) is 4.74 Å². The van der Waals surface area contributed by atoms with E-state index in [2.05, 4.69) is 9.97 Å². The summed E-state index contributed by atoms with van der Waals surface area (Å²) in [5.41, 5.74) is 0.131. The predicted octanol–water partition coefficient (Wildman–Crippen LogP) is 1.66. The third-order valence-corrected chi connectivity index (χ3v) is 3.61. The number of carboxylic acid groups (broad SMARTS) is 1. The summed E-state index contributed by atoms with van der Waals surface area (Å²) in [5, 5.41) is 19.7. The second-order valence-electron chi connectivity index (χ2n) is 6.04. The van der Waals surface area contributed by atoms with E-state index < -0.39 is 11.7 Å². The lowest BCUT2D eigenvalue weighted by molar-refractivity contribution is 0.0690. The lowest BCUT2D eigenvalue weighted by Gasteiger charge is -2.16. The number of hydrogen-bond acceptors (Lipinski definition) is 7. The van der Waals surface area contributed by atoms with Crippen molar-refractivity contribution in [2.45, 2.75) is 13.0 Å². The van der Waals surface area contributed by atoms with E-state index in [0.717, 1.165) is 0 Å². The Morgan fingerprint density at radius 2 is 1.93 bits per heavy atom. The number of carbonyl (C=O) groups excluding carboxylic acids is 1. The van der Waals surface area contributed by atoms with Crippen molar-refractivity contribution in [2.24, 2.45) is 0 Å². The number of nitrogens with zero attached hydrogens (tertiary/aromatic N) is 3. The molecule has 1 aromatic heterocycles. The molecular weight excluding hydrogens is 354 g/mol. The molecule has 27 heavy (non-hydrogen) atoms. The zero-order valence-electron chi connectivity index (χ0n) is 15.5. The molecule has 2 N–H and O–H groups in total. The number of aromatic hydroxyl groups is 1. The van der Waals surface area contributed by atoms with Crippen LogP contribution in [0.4, 0.5) is 0 Å². The number of ether oxygens (including phenoxy) is 2. The number of benzene rings is 1. The number of phenols is 1. The SMILES string of the molecule is COC[C@H](C)Oc1cc(C(=O)O)c(O)c(-c2cnc(C(=O)N(C)C)cn2)c1. The highest BCUT2D eigenvalue weighted by Crippen LogP contribution is 2.35. The van der Waals surface area contributed by atoms with Gasteiger partial charge in [0, 0.05) is 26.8 Å². The summed E-state index contributed by atoms with van der Waals surface area (Å²) in [5.74, 6) is -1.86. The minimum Gasteiger partial charge on any atom is -0.506 e. The molecule has 0 spiro atoms. The van der Waals surface area contributed by atoms with Crippen LogP contribution in [0, 0.1) is 0 Å². The standard InChI is InChI=1S/C18H21N3O6/c1-10(9-26-4)27-11-5-12(16(22)13(6-11)18(24)25)14-7-20-15(8-19-14)17(23)21(2)3/h5-8,10,22H,9H2,1-4H3,(H,24,25)/t10-/m0/s1. The fourth-order valence-corrected chi connectivity index (χ4v) is 2.34. The lowest BCUT2D eigenvalue weighted by Crippen LogP contribution is -2.22. The maximum Gasteiger partial charge on any atom is 0.339 e. The Bertz CT molecular complexity index is 836. The first-order valence-corrected chi connectivity index (χ1v) is 8.04. The second kappa shape index (κ2) is 8.45. The van der Waals surface area contributed by atoms with Crippen molar-refractivity contribution < 1.29 is 29.3 Å². The molecule has 1 heterocycles. The van der Waals surface area contributed by atoms with Gasteiger partial charge in [-0.25, -0.2) is 9.78 Å². The van der Waals surface area contributed by atoms with Crippen LogP contribution < -0.4 is 4.74 Å². The van der Waals surface area contributed by atoms with Crippen LogP contribution in [0.15, 0.2) is 24.5 Å². The Balaban J connectivity index is 2.46. The predicted molar refractivity (Wildman–Crippen MR) is 96.1 cm³/mol. The van der Waals surface area contributed by atoms with Gasteiger partial charge in [-0.05, 0) is 19.1 Å². The monoisotopic (exact) mass is 375 g/mol. The molecule has 0 aliphatic heterocycles. The topological polar surface area (TPSA) is 122 Å². The number of hydrogen-bond donors (Lipinski definition) is 2. The Hall–Kier alpha value is -3.20. The minimum atomic E-state index is -1.31. The Labute approximate surface area is 156 Å². The quantitative estimate of drug-likeness (QED) is 0.749. The van der Waals surface area contributed by atoms with Gasteiger partial charge in [0.2, 0.25) is 0 Å². The van der Waals surface area contributed by atoms with Crippen molar-refractivity contribution in [1.29, 1.82) is 0 Å². The van der Waals surface area contributed by atoms with E-state index in [0.29, 0.717) is 6.61 Å². The van der Waals surface area contributed by atoms with E-state index in [1.165, 1.54) is 36.5 Å². The highest BCUT2D eigenvalue weighted by atomic mass is 16.5. The molecule has 2 rings (SSSR count). The molecule has 0 saturated heterocycles.